The zero-order valence-corrected chi connectivity index (χ0v) is 20.9. The quantitative estimate of drug-likeness (QED) is 0.667. The van der Waals surface area contributed by atoms with E-state index in [4.69, 9.17) is 0 Å². The molecule has 1 fully saturated rings. The molecule has 0 spiro atoms. The van der Waals surface area contributed by atoms with Crippen molar-refractivity contribution in [1.29, 1.82) is 0 Å². The lowest BCUT2D eigenvalue weighted by molar-refractivity contribution is -0.120. The minimum absolute atomic E-state index is 0.0816. The third-order valence-corrected chi connectivity index (χ3v) is 8.29. The number of piperidine rings is 1. The summed E-state index contributed by atoms with van der Waals surface area (Å²) in [7, 11) is 1.17. The lowest BCUT2D eigenvalue weighted by atomic mass is 9.96. The Morgan fingerprint density at radius 1 is 1.15 bits per heavy atom. The molecule has 33 heavy (non-hydrogen) atoms. The van der Waals surface area contributed by atoms with E-state index in [1.807, 2.05) is 24.3 Å². The number of sulfonamides is 1. The lowest BCUT2D eigenvalue weighted by Crippen LogP contribution is -2.41. The Balaban J connectivity index is 1.61. The van der Waals surface area contributed by atoms with Crippen molar-refractivity contribution in [1.82, 2.24) is 13.8 Å². The second-order valence-corrected chi connectivity index (χ2v) is 10.9. The van der Waals surface area contributed by atoms with Crippen LogP contribution in [0.4, 0.5) is 5.69 Å². The number of carbonyl (C=O) groups is 2. The molecule has 1 aromatic heterocycles. The maximum Gasteiger partial charge on any atom is 0.269 e. The van der Waals surface area contributed by atoms with E-state index in [9.17, 15) is 18.0 Å². The van der Waals surface area contributed by atoms with Crippen LogP contribution in [0.15, 0.2) is 41.4 Å². The fourth-order valence-corrected chi connectivity index (χ4v) is 5.54. The summed E-state index contributed by atoms with van der Waals surface area (Å²) in [5.74, 6) is -0.108. The maximum atomic E-state index is 13.1. The highest BCUT2D eigenvalue weighted by atomic mass is 32.2. The highest BCUT2D eigenvalue weighted by Crippen LogP contribution is 2.27. The largest absolute Gasteiger partial charge is 0.345 e. The van der Waals surface area contributed by atoms with Gasteiger partial charge in [-0.3, -0.25) is 9.59 Å². The van der Waals surface area contributed by atoms with E-state index < -0.39 is 10.0 Å². The van der Waals surface area contributed by atoms with Gasteiger partial charge in [-0.15, -0.1) is 0 Å². The summed E-state index contributed by atoms with van der Waals surface area (Å²) in [5, 5.41) is 2.96. The van der Waals surface area contributed by atoms with E-state index in [1.54, 1.807) is 21.1 Å². The molecule has 2 aromatic rings. The topological polar surface area (TPSA) is 91.7 Å². The molecule has 2 heterocycles. The Labute approximate surface area is 196 Å². The zero-order chi connectivity index (χ0) is 24.3. The maximum absolute atomic E-state index is 13.1. The molecule has 1 atom stereocenters. The number of nitrogens with zero attached hydrogens (tertiary/aromatic N) is 3. The van der Waals surface area contributed by atoms with Crippen molar-refractivity contribution in [3.63, 3.8) is 0 Å². The smallest absolute Gasteiger partial charge is 0.269 e. The van der Waals surface area contributed by atoms with Gasteiger partial charge < -0.3 is 14.8 Å². The second kappa shape index (κ2) is 10.1. The highest BCUT2D eigenvalue weighted by molar-refractivity contribution is 7.89. The normalized spacial score (nSPS) is 16.4. The van der Waals surface area contributed by atoms with Crippen LogP contribution in [0.5, 0.6) is 0 Å². The van der Waals surface area contributed by atoms with Gasteiger partial charge in [-0.25, -0.2) is 8.42 Å². The lowest BCUT2D eigenvalue weighted by Gasteiger charge is -2.30. The van der Waals surface area contributed by atoms with E-state index in [0.717, 1.165) is 12.1 Å². The minimum Gasteiger partial charge on any atom is -0.345 e. The van der Waals surface area contributed by atoms with Crippen LogP contribution in [0.25, 0.3) is 0 Å². The molecule has 180 valence electrons. The average Bonchev–Trinajstić information content (AvgIpc) is 3.20. The number of benzene rings is 1. The Kier molecular flexibility index (Phi) is 7.64. The molecular weight excluding hydrogens is 440 g/mol. The first-order valence-electron chi connectivity index (χ1n) is 11.3. The molecular formula is C24H34N4O4S. The second-order valence-electron chi connectivity index (χ2n) is 8.97. The summed E-state index contributed by atoms with van der Waals surface area (Å²) in [6.45, 7) is 4.84. The van der Waals surface area contributed by atoms with Crippen molar-refractivity contribution >= 4 is 27.5 Å². The molecule has 1 aromatic carbocycles. The molecule has 1 N–H and O–H groups in total. The summed E-state index contributed by atoms with van der Waals surface area (Å²) < 4.78 is 29.2. The van der Waals surface area contributed by atoms with Crippen molar-refractivity contribution in [3.8, 4) is 0 Å². The van der Waals surface area contributed by atoms with Crippen LogP contribution < -0.4 is 5.32 Å². The molecule has 0 bridgehead atoms. The van der Waals surface area contributed by atoms with Crippen molar-refractivity contribution in [2.75, 3.05) is 32.5 Å². The minimum atomic E-state index is -3.74. The number of nitrogens with one attached hydrogen (secondary N) is 1. The molecule has 0 aliphatic carbocycles. The van der Waals surface area contributed by atoms with Crippen molar-refractivity contribution in [2.45, 2.75) is 43.9 Å². The van der Waals surface area contributed by atoms with Crippen LogP contribution in [0.2, 0.25) is 0 Å². The van der Waals surface area contributed by atoms with E-state index in [-0.39, 0.29) is 35.7 Å². The van der Waals surface area contributed by atoms with Gasteiger partial charge >= 0.3 is 0 Å². The summed E-state index contributed by atoms with van der Waals surface area (Å²) >= 11 is 0. The highest BCUT2D eigenvalue weighted by Gasteiger charge is 2.33. The standard InChI is InChI=1S/C24H34N4O4S/c1-6-17(2)18-7-9-20(10-8-18)25-23(29)19-11-13-28(14-12-19)33(31,32)21-15-22(27(5)16-21)24(30)26(3)4/h7-10,15-17,19H,6,11-14H2,1-5H3,(H,25,29). The number of hydrogen-bond donors (Lipinski definition) is 1. The fraction of sp³-hybridized carbons (Fsp3) is 0.500. The van der Waals surface area contributed by atoms with E-state index >= 15 is 0 Å². The summed E-state index contributed by atoms with van der Waals surface area (Å²) in [4.78, 5) is 26.5. The monoisotopic (exact) mass is 474 g/mol. The first kappa shape index (κ1) is 25.0. The van der Waals surface area contributed by atoms with Crippen LogP contribution in [0.3, 0.4) is 0 Å². The van der Waals surface area contributed by atoms with Crippen LogP contribution in [0.1, 0.15) is 55.1 Å². The van der Waals surface area contributed by atoms with Crippen LogP contribution in [-0.4, -0.2) is 61.2 Å². The summed E-state index contributed by atoms with van der Waals surface area (Å²) in [6, 6.07) is 9.32. The van der Waals surface area contributed by atoms with Crippen LogP contribution in [0, 0.1) is 5.92 Å². The van der Waals surface area contributed by atoms with Gasteiger partial charge in [0.15, 0.2) is 0 Å². The van der Waals surface area contributed by atoms with Crippen molar-refractivity contribution in [2.24, 2.45) is 13.0 Å². The van der Waals surface area contributed by atoms with Gasteiger partial charge in [0.2, 0.25) is 15.9 Å². The SMILES string of the molecule is CCC(C)c1ccc(NC(=O)C2CCN(S(=O)(=O)c3cc(C(=O)N(C)C)n(C)c3)CC2)cc1. The van der Waals surface area contributed by atoms with E-state index in [2.05, 4.69) is 19.2 Å². The van der Waals surface area contributed by atoms with E-state index in [1.165, 1.54) is 31.6 Å². The number of carbonyl (C=O) groups excluding carboxylic acids is 2. The third kappa shape index (κ3) is 5.47. The number of aromatic nitrogens is 1. The Hall–Kier alpha value is -2.65. The van der Waals surface area contributed by atoms with Gasteiger partial charge in [0, 0.05) is 52.0 Å². The predicted molar refractivity (Wildman–Crippen MR) is 129 cm³/mol. The van der Waals surface area contributed by atoms with Gasteiger partial charge in [-0.2, -0.15) is 4.31 Å². The van der Waals surface area contributed by atoms with Crippen LogP contribution in [-0.2, 0) is 21.9 Å². The number of hydrogen-bond acceptors (Lipinski definition) is 4. The predicted octanol–water partition coefficient (Wildman–Crippen LogP) is 3.28. The Morgan fingerprint density at radius 2 is 1.76 bits per heavy atom. The molecule has 9 heteroatoms. The molecule has 1 aliphatic rings. The fourth-order valence-electron chi connectivity index (χ4n) is 4.00. The number of amides is 2. The Bertz CT molecular complexity index is 1100. The molecule has 1 saturated heterocycles. The summed E-state index contributed by atoms with van der Waals surface area (Å²) in [6.07, 6.45) is 3.43. The van der Waals surface area contributed by atoms with Crippen LogP contribution >= 0.6 is 0 Å². The first-order chi connectivity index (χ1) is 15.5. The molecule has 2 amide bonds. The molecule has 1 aliphatic heterocycles. The zero-order valence-electron chi connectivity index (χ0n) is 20.0. The van der Waals surface area contributed by atoms with Gasteiger partial charge in [0.1, 0.15) is 10.6 Å². The van der Waals surface area contributed by atoms with Gasteiger partial charge in [-0.05, 0) is 48.9 Å². The molecule has 3 rings (SSSR count). The third-order valence-electron chi connectivity index (χ3n) is 6.43. The Morgan fingerprint density at radius 3 is 2.30 bits per heavy atom. The first-order valence-corrected chi connectivity index (χ1v) is 12.8. The summed E-state index contributed by atoms with van der Waals surface area (Å²) in [5.41, 5.74) is 2.31. The number of aryl methyl sites for hydroxylation is 1. The van der Waals surface area contributed by atoms with Gasteiger partial charge in [0.05, 0.1) is 0 Å². The number of rotatable bonds is 7. The van der Waals surface area contributed by atoms with Crippen molar-refractivity contribution < 1.29 is 18.0 Å². The molecule has 1 unspecified atom stereocenters. The van der Waals surface area contributed by atoms with Gasteiger partial charge in [-0.1, -0.05) is 26.0 Å². The average molecular weight is 475 g/mol. The molecule has 0 saturated carbocycles. The molecule has 0 radical (unpaired) electrons. The molecule has 8 nitrogen and oxygen atoms in total. The van der Waals surface area contributed by atoms with E-state index in [0.29, 0.717) is 24.5 Å². The van der Waals surface area contributed by atoms with Crippen molar-refractivity contribution in [3.05, 3.63) is 47.8 Å². The van der Waals surface area contributed by atoms with Gasteiger partial charge in [0.25, 0.3) is 5.91 Å². The number of anilines is 1.